The lowest BCUT2D eigenvalue weighted by molar-refractivity contribution is 0.189. The van der Waals surface area contributed by atoms with Crippen molar-refractivity contribution in [2.45, 2.75) is 19.6 Å². The van der Waals surface area contributed by atoms with Crippen LogP contribution in [0, 0.1) is 0 Å². The second kappa shape index (κ2) is 22.3. The summed E-state index contributed by atoms with van der Waals surface area (Å²) < 4.78 is 95.1. The summed E-state index contributed by atoms with van der Waals surface area (Å²) in [7, 11) is -13.5. The van der Waals surface area contributed by atoms with Crippen molar-refractivity contribution in [2.75, 3.05) is 19.8 Å². The number of hydrogen-bond donors (Lipinski definition) is 0. The molecule has 0 aliphatic rings. The zero-order valence-electron chi connectivity index (χ0n) is 34.9. The lowest BCUT2D eigenvalue weighted by Crippen LogP contribution is -2.55. The van der Waals surface area contributed by atoms with Crippen LogP contribution in [0.3, 0.4) is 0 Å². The Bertz CT molecular complexity index is 2480. The van der Waals surface area contributed by atoms with Crippen molar-refractivity contribution < 1.29 is 54.4 Å². The Kier molecular flexibility index (Phi) is 15.9. The van der Waals surface area contributed by atoms with Gasteiger partial charge in [-0.05, 0) is 72.8 Å². The van der Waals surface area contributed by atoms with Crippen LogP contribution in [0.4, 0.5) is 0 Å². The molecule has 0 saturated heterocycles. The van der Waals surface area contributed by atoms with Gasteiger partial charge in [0, 0.05) is 0 Å². The minimum atomic E-state index is -4.50. The molecule has 7 rings (SSSR count). The van der Waals surface area contributed by atoms with Crippen molar-refractivity contribution in [1.82, 2.24) is 13.7 Å². The van der Waals surface area contributed by atoms with E-state index in [1.165, 1.54) is 72.8 Å². The highest BCUT2D eigenvalue weighted by atomic mass is 31.2. The Hall–Kier alpha value is -6.90. The molecule has 0 unspecified atom stereocenters. The van der Waals surface area contributed by atoms with Crippen molar-refractivity contribution >= 4 is 23.5 Å². The molecule has 0 saturated carbocycles. The predicted molar refractivity (Wildman–Crippen MR) is 242 cm³/mol. The number of benzene rings is 6. The maximum Gasteiger partial charge on any atom is 0.587 e. The largest absolute Gasteiger partial charge is 0.587 e. The Labute approximate surface area is 377 Å². The van der Waals surface area contributed by atoms with E-state index in [-0.39, 0.29) is 34.5 Å². The van der Waals surface area contributed by atoms with Gasteiger partial charge in [0.1, 0.15) is 34.5 Å². The van der Waals surface area contributed by atoms with E-state index in [0.29, 0.717) is 13.7 Å². The fourth-order valence-electron chi connectivity index (χ4n) is 5.86. The quantitative estimate of drug-likeness (QED) is 0.0519. The molecule has 7 aromatic rings. The number of phosphoric acid groups is 3. The molecule has 0 fully saturated rings. The van der Waals surface area contributed by atoms with Gasteiger partial charge >= 0.3 is 40.5 Å². The van der Waals surface area contributed by atoms with E-state index in [2.05, 4.69) is 0 Å². The Morgan fingerprint density at radius 2 is 0.455 bits per heavy atom. The number of hydrogen-bond acceptors (Lipinski definition) is 15. The molecular formula is C45H42N3O15P3. The third kappa shape index (κ3) is 13.3. The molecule has 0 aliphatic heterocycles. The minimum absolute atomic E-state index is 0.138. The van der Waals surface area contributed by atoms with Gasteiger partial charge in [-0.1, -0.05) is 109 Å². The molecule has 0 bridgehead atoms. The normalized spacial score (nSPS) is 11.6. The number of nitrogens with zero attached hydrogens (tertiary/aromatic N) is 3. The van der Waals surface area contributed by atoms with Crippen LogP contribution in [0.5, 0.6) is 34.5 Å². The van der Waals surface area contributed by atoms with Crippen LogP contribution in [0.15, 0.2) is 196 Å². The van der Waals surface area contributed by atoms with Gasteiger partial charge < -0.3 is 27.1 Å². The Morgan fingerprint density at radius 1 is 0.288 bits per heavy atom. The van der Waals surface area contributed by atoms with Gasteiger partial charge in [0.05, 0.1) is 39.5 Å². The van der Waals surface area contributed by atoms with Crippen LogP contribution in [-0.4, -0.2) is 33.5 Å². The number of phosphoric ester groups is 3. The van der Waals surface area contributed by atoms with E-state index in [1.807, 2.05) is 0 Å². The fraction of sp³-hybridized carbons (Fsp3) is 0.133. The summed E-state index contributed by atoms with van der Waals surface area (Å²) in [4.78, 5) is 42.3. The predicted octanol–water partition coefficient (Wildman–Crippen LogP) is 9.02. The average Bonchev–Trinajstić information content (AvgIpc) is 3.31. The van der Waals surface area contributed by atoms with E-state index in [4.69, 9.17) is 40.7 Å². The number of para-hydroxylation sites is 6. The van der Waals surface area contributed by atoms with Crippen molar-refractivity contribution in [3.63, 3.8) is 0 Å². The van der Waals surface area contributed by atoms with E-state index < -0.39 is 80.0 Å². The van der Waals surface area contributed by atoms with Crippen LogP contribution in [0.25, 0.3) is 0 Å². The fourth-order valence-corrected chi connectivity index (χ4v) is 9.49. The topological polar surface area (TPSA) is 200 Å². The summed E-state index contributed by atoms with van der Waals surface area (Å²) in [6, 6.07) is 48.3. The molecule has 6 aromatic carbocycles. The lowest BCUT2D eigenvalue weighted by Gasteiger charge is -2.21. The van der Waals surface area contributed by atoms with Gasteiger partial charge in [0.2, 0.25) is 0 Å². The average molecular weight is 958 g/mol. The maximum atomic E-state index is 14.1. The molecule has 0 aliphatic carbocycles. The van der Waals surface area contributed by atoms with Crippen molar-refractivity contribution in [3.05, 3.63) is 213 Å². The maximum absolute atomic E-state index is 14.1. The van der Waals surface area contributed by atoms with E-state index in [9.17, 15) is 28.1 Å². The van der Waals surface area contributed by atoms with Crippen LogP contribution >= 0.6 is 23.5 Å². The van der Waals surface area contributed by atoms with Crippen LogP contribution < -0.4 is 44.2 Å². The first-order chi connectivity index (χ1) is 32.0. The van der Waals surface area contributed by atoms with Gasteiger partial charge in [0.15, 0.2) is 0 Å². The lowest BCUT2D eigenvalue weighted by atomic mass is 10.3. The molecule has 1 heterocycles. The van der Waals surface area contributed by atoms with Crippen molar-refractivity contribution in [3.8, 4) is 34.5 Å². The second-order valence-corrected chi connectivity index (χ2v) is 18.1. The van der Waals surface area contributed by atoms with E-state index >= 15 is 0 Å². The minimum Gasteiger partial charge on any atom is -0.395 e. The van der Waals surface area contributed by atoms with Crippen molar-refractivity contribution in [1.29, 1.82) is 0 Å². The van der Waals surface area contributed by atoms with Gasteiger partial charge in [-0.2, -0.15) is 0 Å². The van der Waals surface area contributed by atoms with E-state index in [0.717, 1.165) is 0 Å². The molecular weight excluding hydrogens is 915 g/mol. The first kappa shape index (κ1) is 47.1. The number of rotatable bonds is 24. The molecule has 0 atom stereocenters. The van der Waals surface area contributed by atoms with Crippen molar-refractivity contribution in [2.24, 2.45) is 0 Å². The van der Waals surface area contributed by atoms with Gasteiger partial charge in [-0.15, -0.1) is 0 Å². The standard InChI is InChI=1S/C45H42N3O15P3/c49-43-46(31-34-55-64(52,58-37-19-7-1-8-20-37)59-38-21-9-2-10-22-38)44(50)48(33-36-57-66(54,62-41-27-15-5-16-28-41)63-42-29-17-6-18-30-42)45(51)47(43)32-35-56-65(53,60-39-23-11-3-12-24-39)61-40-25-13-4-14-26-40/h1-30H,31-36H2. The highest BCUT2D eigenvalue weighted by Gasteiger charge is 2.34. The van der Waals surface area contributed by atoms with Gasteiger partial charge in [-0.3, -0.25) is 13.6 Å². The van der Waals surface area contributed by atoms with Crippen LogP contribution in [0.2, 0.25) is 0 Å². The zero-order chi connectivity index (χ0) is 46.2. The molecule has 21 heteroatoms. The highest BCUT2D eigenvalue weighted by molar-refractivity contribution is 7.50. The molecule has 0 amide bonds. The van der Waals surface area contributed by atoms with Gasteiger partial charge in [-0.25, -0.2) is 41.8 Å². The Balaban J connectivity index is 1.17. The first-order valence-corrected chi connectivity index (χ1v) is 24.5. The Morgan fingerprint density at radius 3 is 0.621 bits per heavy atom. The molecule has 342 valence electrons. The van der Waals surface area contributed by atoms with Gasteiger partial charge in [0.25, 0.3) is 0 Å². The molecule has 1 aromatic heterocycles. The van der Waals surface area contributed by atoms with E-state index in [1.54, 1.807) is 109 Å². The first-order valence-electron chi connectivity index (χ1n) is 20.1. The molecule has 0 spiro atoms. The summed E-state index contributed by atoms with van der Waals surface area (Å²) >= 11 is 0. The molecule has 66 heavy (non-hydrogen) atoms. The van der Waals surface area contributed by atoms with Crippen LogP contribution in [0.1, 0.15) is 0 Å². The summed E-state index contributed by atoms with van der Waals surface area (Å²) in [5, 5.41) is 0. The molecule has 0 radical (unpaired) electrons. The van der Waals surface area contributed by atoms with Crippen LogP contribution in [-0.2, 0) is 46.9 Å². The third-order valence-corrected chi connectivity index (χ3v) is 12.9. The highest BCUT2D eigenvalue weighted by Crippen LogP contribution is 2.51. The second-order valence-electron chi connectivity index (χ2n) is 13.6. The summed E-state index contributed by atoms with van der Waals surface area (Å²) in [6.07, 6.45) is 0. The zero-order valence-corrected chi connectivity index (χ0v) is 37.6. The summed E-state index contributed by atoms with van der Waals surface area (Å²) in [5.41, 5.74) is -3.44. The summed E-state index contributed by atoms with van der Waals surface area (Å²) in [5.74, 6) is 0.830. The molecule has 18 nitrogen and oxygen atoms in total. The monoisotopic (exact) mass is 957 g/mol. The smallest absolute Gasteiger partial charge is 0.395 e. The summed E-state index contributed by atoms with van der Waals surface area (Å²) in [6.45, 7) is -3.65. The third-order valence-electron chi connectivity index (χ3n) is 8.84. The SMILES string of the molecule is O=c1n(CCOP(=O)(Oc2ccccc2)Oc2ccccc2)c(=O)n(CCOP(=O)(Oc2ccccc2)Oc2ccccc2)c(=O)n1CCOP(=O)(Oc1ccccc1)Oc1ccccc1. The number of aromatic nitrogens is 3. The molecule has 0 N–H and O–H groups in total.